The summed E-state index contributed by atoms with van der Waals surface area (Å²) >= 11 is 0. The Morgan fingerprint density at radius 2 is 1.87 bits per heavy atom. The van der Waals surface area contributed by atoms with E-state index in [4.69, 9.17) is 10.00 Å². The van der Waals surface area contributed by atoms with Crippen molar-refractivity contribution in [3.05, 3.63) is 72.8 Å². The fraction of sp³-hybridized carbons (Fsp3) is 0.300. The van der Waals surface area contributed by atoms with E-state index in [-0.39, 0.29) is 11.4 Å². The van der Waals surface area contributed by atoms with Crippen molar-refractivity contribution in [1.29, 1.82) is 5.26 Å². The summed E-state index contributed by atoms with van der Waals surface area (Å²) in [5, 5.41) is 19.1. The SMILES string of the molecule is N#Cc1nn(-c2ccc(Oc3cc(CC4CCCC4)c(=O)[nH]n3)cc2)c(=O)[nH]c1=O. The number of aromatic nitrogens is 5. The highest BCUT2D eigenvalue weighted by molar-refractivity contribution is 5.38. The number of H-pyrrole nitrogens is 2. The van der Waals surface area contributed by atoms with E-state index >= 15 is 0 Å². The zero-order valence-corrected chi connectivity index (χ0v) is 15.9. The van der Waals surface area contributed by atoms with Crippen molar-refractivity contribution in [1.82, 2.24) is 25.0 Å². The number of nitrogens with zero attached hydrogens (tertiary/aromatic N) is 4. The summed E-state index contributed by atoms with van der Waals surface area (Å²) in [4.78, 5) is 37.5. The van der Waals surface area contributed by atoms with E-state index in [0.29, 0.717) is 29.3 Å². The zero-order valence-electron chi connectivity index (χ0n) is 15.9. The molecule has 0 atom stereocenters. The Kier molecular flexibility index (Phi) is 5.26. The minimum atomic E-state index is -0.837. The Balaban J connectivity index is 1.54. The summed E-state index contributed by atoms with van der Waals surface area (Å²) in [6, 6.07) is 9.56. The zero-order chi connectivity index (χ0) is 21.1. The molecule has 4 rings (SSSR count). The van der Waals surface area contributed by atoms with Crippen molar-refractivity contribution in [2.24, 2.45) is 5.92 Å². The number of benzene rings is 1. The van der Waals surface area contributed by atoms with E-state index < -0.39 is 16.9 Å². The van der Waals surface area contributed by atoms with Gasteiger partial charge in [0.25, 0.3) is 11.1 Å². The molecule has 1 aliphatic rings. The van der Waals surface area contributed by atoms with Crippen LogP contribution in [0.2, 0.25) is 0 Å². The molecule has 0 bridgehead atoms. The van der Waals surface area contributed by atoms with Gasteiger partial charge in [0, 0.05) is 11.6 Å². The van der Waals surface area contributed by atoms with E-state index in [0.717, 1.165) is 17.5 Å². The van der Waals surface area contributed by atoms with Gasteiger partial charge >= 0.3 is 5.69 Å². The van der Waals surface area contributed by atoms with E-state index in [1.54, 1.807) is 36.4 Å². The van der Waals surface area contributed by atoms with E-state index in [1.165, 1.54) is 12.8 Å². The second-order valence-corrected chi connectivity index (χ2v) is 7.14. The van der Waals surface area contributed by atoms with Crippen LogP contribution in [0, 0.1) is 17.2 Å². The van der Waals surface area contributed by atoms with E-state index in [2.05, 4.69) is 15.3 Å². The number of rotatable bonds is 5. The predicted octanol–water partition coefficient (Wildman–Crippen LogP) is 1.40. The maximum Gasteiger partial charge on any atom is 0.349 e. The van der Waals surface area contributed by atoms with Crippen LogP contribution in [-0.2, 0) is 6.42 Å². The maximum atomic E-state index is 12.1. The number of nitrogens with one attached hydrogen (secondary N) is 2. The van der Waals surface area contributed by atoms with Gasteiger partial charge in [0.1, 0.15) is 11.8 Å². The molecule has 0 aliphatic heterocycles. The fourth-order valence-electron chi connectivity index (χ4n) is 3.58. The lowest BCUT2D eigenvalue weighted by atomic mass is 9.99. The Hall–Kier alpha value is -4.00. The van der Waals surface area contributed by atoms with Crippen molar-refractivity contribution in [2.75, 3.05) is 0 Å². The molecule has 10 heteroatoms. The van der Waals surface area contributed by atoms with Crippen LogP contribution in [0.15, 0.2) is 44.7 Å². The Morgan fingerprint density at radius 3 is 2.57 bits per heavy atom. The smallest absolute Gasteiger partial charge is 0.349 e. The second kappa shape index (κ2) is 8.16. The molecule has 0 spiro atoms. The molecule has 2 N–H and O–H groups in total. The van der Waals surface area contributed by atoms with Crippen LogP contribution in [0.1, 0.15) is 36.9 Å². The summed E-state index contributed by atoms with van der Waals surface area (Å²) in [7, 11) is 0. The van der Waals surface area contributed by atoms with Crippen LogP contribution < -0.4 is 21.5 Å². The molecule has 30 heavy (non-hydrogen) atoms. The van der Waals surface area contributed by atoms with Crippen molar-refractivity contribution >= 4 is 0 Å². The van der Waals surface area contributed by atoms with Gasteiger partial charge in [0.2, 0.25) is 11.6 Å². The molecule has 152 valence electrons. The molecule has 1 saturated carbocycles. The molecule has 10 nitrogen and oxygen atoms in total. The minimum absolute atomic E-state index is 0.207. The summed E-state index contributed by atoms with van der Waals surface area (Å²) in [6.45, 7) is 0. The summed E-state index contributed by atoms with van der Waals surface area (Å²) in [5.41, 5.74) is -1.22. The van der Waals surface area contributed by atoms with Crippen LogP contribution in [0.5, 0.6) is 11.6 Å². The first kappa shape index (κ1) is 19.3. The molecule has 0 saturated heterocycles. The number of ether oxygens (including phenoxy) is 1. The number of hydrogen-bond donors (Lipinski definition) is 2. The van der Waals surface area contributed by atoms with Crippen molar-refractivity contribution in [2.45, 2.75) is 32.1 Å². The second-order valence-electron chi connectivity index (χ2n) is 7.14. The molecule has 3 aromatic rings. The van der Waals surface area contributed by atoms with Gasteiger partial charge in [-0.05, 0) is 36.6 Å². The molecular formula is C20H18N6O4. The summed E-state index contributed by atoms with van der Waals surface area (Å²) in [5.74, 6) is 1.21. The highest BCUT2D eigenvalue weighted by Crippen LogP contribution is 2.28. The average molecular weight is 406 g/mol. The molecule has 1 fully saturated rings. The third-order valence-electron chi connectivity index (χ3n) is 5.08. The van der Waals surface area contributed by atoms with Crippen molar-refractivity contribution in [3.8, 4) is 23.4 Å². The standard InChI is InChI=1S/C20H18N6O4/c21-11-16-19(28)22-20(29)26(25-16)14-5-7-15(8-6-14)30-17-10-13(18(27)24-23-17)9-12-3-1-2-4-12/h5-8,10,12H,1-4,9H2,(H,24,27)(H,22,28,29). The minimum Gasteiger partial charge on any atom is -0.438 e. The average Bonchev–Trinajstić information content (AvgIpc) is 3.25. The number of hydrogen-bond acceptors (Lipinski definition) is 7. The quantitative estimate of drug-likeness (QED) is 0.651. The van der Waals surface area contributed by atoms with Gasteiger partial charge in [0.05, 0.1) is 5.69 Å². The molecule has 2 aromatic heterocycles. The summed E-state index contributed by atoms with van der Waals surface area (Å²) in [6.07, 6.45) is 5.37. The monoisotopic (exact) mass is 406 g/mol. The molecule has 2 heterocycles. The lowest BCUT2D eigenvalue weighted by molar-refractivity contribution is 0.450. The van der Waals surface area contributed by atoms with Crippen LogP contribution >= 0.6 is 0 Å². The lowest BCUT2D eigenvalue weighted by Crippen LogP contribution is -2.33. The molecule has 0 amide bonds. The van der Waals surface area contributed by atoms with E-state index in [1.807, 2.05) is 4.98 Å². The number of aromatic amines is 2. The van der Waals surface area contributed by atoms with Gasteiger partial charge in [0.15, 0.2) is 0 Å². The topological polar surface area (TPSA) is 147 Å². The lowest BCUT2D eigenvalue weighted by Gasteiger charge is -2.10. The first-order chi connectivity index (χ1) is 14.5. The fourth-order valence-corrected chi connectivity index (χ4v) is 3.58. The van der Waals surface area contributed by atoms with Crippen molar-refractivity contribution < 1.29 is 4.74 Å². The Labute approximate surface area is 169 Å². The van der Waals surface area contributed by atoms with Gasteiger partial charge in [-0.3, -0.25) is 14.6 Å². The highest BCUT2D eigenvalue weighted by atomic mass is 16.5. The number of nitriles is 1. The first-order valence-electron chi connectivity index (χ1n) is 9.54. The largest absolute Gasteiger partial charge is 0.438 e. The Bertz CT molecular complexity index is 1280. The molecule has 1 aliphatic carbocycles. The van der Waals surface area contributed by atoms with Gasteiger partial charge in [-0.25, -0.2) is 9.89 Å². The van der Waals surface area contributed by atoms with Gasteiger partial charge in [-0.15, -0.1) is 10.2 Å². The van der Waals surface area contributed by atoms with Gasteiger partial charge in [-0.1, -0.05) is 25.7 Å². The molecular weight excluding hydrogens is 388 g/mol. The first-order valence-corrected chi connectivity index (χ1v) is 9.54. The third kappa shape index (κ3) is 4.05. The Morgan fingerprint density at radius 1 is 1.13 bits per heavy atom. The van der Waals surface area contributed by atoms with Crippen LogP contribution in [-0.4, -0.2) is 25.0 Å². The molecule has 1 aromatic carbocycles. The van der Waals surface area contributed by atoms with E-state index in [9.17, 15) is 14.4 Å². The van der Waals surface area contributed by atoms with Gasteiger partial charge in [-0.2, -0.15) is 9.94 Å². The van der Waals surface area contributed by atoms with Crippen molar-refractivity contribution in [3.63, 3.8) is 0 Å². The molecule has 0 unspecified atom stereocenters. The maximum absolute atomic E-state index is 12.1. The van der Waals surface area contributed by atoms with Gasteiger partial charge < -0.3 is 4.74 Å². The van der Waals surface area contributed by atoms with Crippen LogP contribution in [0.3, 0.4) is 0 Å². The normalized spacial score (nSPS) is 13.8. The predicted molar refractivity (Wildman–Crippen MR) is 106 cm³/mol. The molecule has 0 radical (unpaired) electrons. The highest BCUT2D eigenvalue weighted by Gasteiger charge is 2.18. The summed E-state index contributed by atoms with van der Waals surface area (Å²) < 4.78 is 6.64. The third-order valence-corrected chi connectivity index (χ3v) is 5.08. The van der Waals surface area contributed by atoms with Crippen LogP contribution in [0.25, 0.3) is 5.69 Å². The van der Waals surface area contributed by atoms with Crippen LogP contribution in [0.4, 0.5) is 0 Å².